The van der Waals surface area contributed by atoms with Gasteiger partial charge in [-0.3, -0.25) is 9.88 Å². The molecular weight excluding hydrogens is 326 g/mol. The number of rotatable bonds is 5. The molecule has 1 aliphatic rings. The molecule has 136 valence electrons. The maximum absolute atomic E-state index is 12.5. The van der Waals surface area contributed by atoms with Crippen molar-refractivity contribution in [2.75, 3.05) is 44.2 Å². The van der Waals surface area contributed by atoms with E-state index in [9.17, 15) is 4.79 Å². The molecule has 0 spiro atoms. The van der Waals surface area contributed by atoms with Crippen LogP contribution in [0.25, 0.3) is 10.9 Å². The van der Waals surface area contributed by atoms with Crippen LogP contribution >= 0.6 is 0 Å². The van der Waals surface area contributed by atoms with Crippen LogP contribution in [0.5, 0.6) is 0 Å². The molecule has 0 aliphatic carbocycles. The largest absolute Gasteiger partial charge is 0.462 e. The zero-order valence-electron chi connectivity index (χ0n) is 15.5. The summed E-state index contributed by atoms with van der Waals surface area (Å²) in [5, 5.41) is 1.01. The van der Waals surface area contributed by atoms with E-state index in [0.29, 0.717) is 12.2 Å². The lowest BCUT2D eigenvalue weighted by Gasteiger charge is -2.37. The van der Waals surface area contributed by atoms with Gasteiger partial charge in [0.25, 0.3) is 0 Å². The summed E-state index contributed by atoms with van der Waals surface area (Å²) in [6.45, 7) is 8.71. The summed E-state index contributed by atoms with van der Waals surface area (Å²) in [6.07, 6.45) is 7.79. The second-order valence-corrected chi connectivity index (χ2v) is 6.54. The van der Waals surface area contributed by atoms with Gasteiger partial charge in [0.05, 0.1) is 17.8 Å². The molecule has 1 fully saturated rings. The Balaban J connectivity index is 1.97. The highest BCUT2D eigenvalue weighted by Crippen LogP contribution is 2.31. The lowest BCUT2D eigenvalue weighted by atomic mass is 10.0. The van der Waals surface area contributed by atoms with Gasteiger partial charge in [0.2, 0.25) is 0 Å². The van der Waals surface area contributed by atoms with Crippen molar-refractivity contribution in [2.45, 2.75) is 20.3 Å². The van der Waals surface area contributed by atoms with Gasteiger partial charge < -0.3 is 9.64 Å². The molecule has 2 aromatic rings. The summed E-state index contributed by atoms with van der Waals surface area (Å²) >= 11 is 0. The van der Waals surface area contributed by atoms with Crippen molar-refractivity contribution < 1.29 is 9.53 Å². The van der Waals surface area contributed by atoms with Crippen molar-refractivity contribution in [1.29, 1.82) is 0 Å². The SMILES string of the molecule is C#CCCN1CCN(c2c(C(=O)OCC)cnc3ccc(C)cc23)CC1. The lowest BCUT2D eigenvalue weighted by molar-refractivity contribution is 0.0526. The van der Waals surface area contributed by atoms with E-state index >= 15 is 0 Å². The molecule has 0 radical (unpaired) electrons. The fourth-order valence-electron chi connectivity index (χ4n) is 3.41. The second kappa shape index (κ2) is 8.20. The minimum atomic E-state index is -0.312. The average molecular weight is 351 g/mol. The van der Waals surface area contributed by atoms with Crippen LogP contribution in [0, 0.1) is 19.3 Å². The highest BCUT2D eigenvalue weighted by Gasteiger charge is 2.24. The molecule has 0 amide bonds. The first-order chi connectivity index (χ1) is 12.6. The lowest BCUT2D eigenvalue weighted by Crippen LogP contribution is -2.47. The first-order valence-corrected chi connectivity index (χ1v) is 9.11. The van der Waals surface area contributed by atoms with Crippen LogP contribution < -0.4 is 4.90 Å². The third kappa shape index (κ3) is 3.81. The molecule has 1 aliphatic heterocycles. The van der Waals surface area contributed by atoms with Gasteiger partial charge >= 0.3 is 5.97 Å². The van der Waals surface area contributed by atoms with Crippen molar-refractivity contribution in [2.24, 2.45) is 0 Å². The molecule has 26 heavy (non-hydrogen) atoms. The van der Waals surface area contributed by atoms with Gasteiger partial charge in [-0.25, -0.2) is 4.79 Å². The van der Waals surface area contributed by atoms with E-state index in [1.807, 2.05) is 19.1 Å². The number of ether oxygens (including phenoxy) is 1. The summed E-state index contributed by atoms with van der Waals surface area (Å²) < 4.78 is 5.27. The molecule has 1 aromatic carbocycles. The number of fused-ring (bicyclic) bond motifs is 1. The Labute approximate surface area is 155 Å². The molecule has 0 saturated carbocycles. The molecule has 5 nitrogen and oxygen atoms in total. The molecule has 2 heterocycles. The maximum Gasteiger partial charge on any atom is 0.341 e. The zero-order valence-corrected chi connectivity index (χ0v) is 15.5. The number of nitrogens with zero attached hydrogens (tertiary/aromatic N) is 3. The van der Waals surface area contributed by atoms with Gasteiger partial charge in [-0.05, 0) is 26.0 Å². The maximum atomic E-state index is 12.5. The number of benzene rings is 1. The molecule has 0 bridgehead atoms. The third-order valence-corrected chi connectivity index (χ3v) is 4.75. The predicted molar refractivity (Wildman–Crippen MR) is 105 cm³/mol. The first-order valence-electron chi connectivity index (χ1n) is 9.11. The Kier molecular flexibility index (Phi) is 5.75. The third-order valence-electron chi connectivity index (χ3n) is 4.75. The van der Waals surface area contributed by atoms with E-state index in [1.54, 1.807) is 6.20 Å². The fourth-order valence-corrected chi connectivity index (χ4v) is 3.41. The molecule has 0 N–H and O–H groups in total. The van der Waals surface area contributed by atoms with E-state index in [4.69, 9.17) is 11.2 Å². The van der Waals surface area contributed by atoms with E-state index in [2.05, 4.69) is 33.7 Å². The molecule has 1 aromatic heterocycles. The van der Waals surface area contributed by atoms with Crippen molar-refractivity contribution >= 4 is 22.6 Å². The van der Waals surface area contributed by atoms with Gasteiger partial charge in [0.1, 0.15) is 5.56 Å². The number of terminal acetylenes is 1. The second-order valence-electron chi connectivity index (χ2n) is 6.54. The standard InChI is InChI=1S/C21H25N3O2/c1-4-6-9-23-10-12-24(13-11-23)20-17-14-16(3)7-8-19(17)22-15-18(20)21(25)26-5-2/h1,7-8,14-15H,5-6,9-13H2,2-3H3. The van der Waals surface area contributed by atoms with E-state index in [-0.39, 0.29) is 5.97 Å². The minimum Gasteiger partial charge on any atom is -0.462 e. The number of hydrogen-bond donors (Lipinski definition) is 0. The van der Waals surface area contributed by atoms with Crippen LogP contribution in [0.1, 0.15) is 29.3 Å². The summed E-state index contributed by atoms with van der Waals surface area (Å²) in [6, 6.07) is 6.15. The van der Waals surface area contributed by atoms with Gasteiger partial charge in [-0.1, -0.05) is 11.6 Å². The Bertz CT molecular complexity index is 833. The van der Waals surface area contributed by atoms with Crippen molar-refractivity contribution in [3.63, 3.8) is 0 Å². The van der Waals surface area contributed by atoms with Gasteiger partial charge in [0, 0.05) is 50.7 Å². The topological polar surface area (TPSA) is 45.7 Å². The van der Waals surface area contributed by atoms with Crippen LogP contribution in [0.15, 0.2) is 24.4 Å². The average Bonchev–Trinajstić information content (AvgIpc) is 2.66. The van der Waals surface area contributed by atoms with E-state index in [0.717, 1.165) is 61.3 Å². The molecule has 0 atom stereocenters. The van der Waals surface area contributed by atoms with Crippen molar-refractivity contribution in [3.8, 4) is 12.3 Å². The van der Waals surface area contributed by atoms with E-state index < -0.39 is 0 Å². The quantitative estimate of drug-likeness (QED) is 0.612. The number of carbonyl (C=O) groups is 1. The van der Waals surface area contributed by atoms with Crippen LogP contribution in [0.2, 0.25) is 0 Å². The number of piperazine rings is 1. The van der Waals surface area contributed by atoms with Crippen molar-refractivity contribution in [3.05, 3.63) is 35.5 Å². The smallest absolute Gasteiger partial charge is 0.341 e. The number of pyridine rings is 1. The highest BCUT2D eigenvalue weighted by atomic mass is 16.5. The predicted octanol–water partition coefficient (Wildman–Crippen LogP) is 2.87. The number of anilines is 1. The Morgan fingerprint density at radius 3 is 2.77 bits per heavy atom. The van der Waals surface area contributed by atoms with Crippen LogP contribution in [-0.4, -0.2) is 55.2 Å². The first kappa shape index (κ1) is 18.2. The summed E-state index contributed by atoms with van der Waals surface area (Å²) in [5.74, 6) is 2.39. The molecule has 5 heteroatoms. The Hall–Kier alpha value is -2.58. The molecular formula is C21H25N3O2. The van der Waals surface area contributed by atoms with Crippen LogP contribution in [0.3, 0.4) is 0 Å². The van der Waals surface area contributed by atoms with Gasteiger partial charge in [-0.2, -0.15) is 0 Å². The normalized spacial score (nSPS) is 15.0. The zero-order chi connectivity index (χ0) is 18.5. The van der Waals surface area contributed by atoms with Gasteiger partial charge in [-0.15, -0.1) is 12.3 Å². The van der Waals surface area contributed by atoms with Gasteiger partial charge in [0.15, 0.2) is 0 Å². The summed E-state index contributed by atoms with van der Waals surface area (Å²) in [7, 11) is 0. The van der Waals surface area contributed by atoms with Crippen molar-refractivity contribution in [1.82, 2.24) is 9.88 Å². The number of aryl methyl sites for hydroxylation is 1. The fraction of sp³-hybridized carbons (Fsp3) is 0.429. The summed E-state index contributed by atoms with van der Waals surface area (Å²) in [4.78, 5) is 21.6. The number of hydrogen-bond acceptors (Lipinski definition) is 5. The molecule has 0 unspecified atom stereocenters. The van der Waals surface area contributed by atoms with Crippen LogP contribution in [-0.2, 0) is 4.74 Å². The number of carbonyl (C=O) groups excluding carboxylic acids is 1. The number of aromatic nitrogens is 1. The Morgan fingerprint density at radius 1 is 1.31 bits per heavy atom. The van der Waals surface area contributed by atoms with E-state index in [1.165, 1.54) is 0 Å². The monoisotopic (exact) mass is 351 g/mol. The molecule has 3 rings (SSSR count). The Morgan fingerprint density at radius 2 is 2.08 bits per heavy atom. The summed E-state index contributed by atoms with van der Waals surface area (Å²) in [5.41, 5.74) is 3.53. The minimum absolute atomic E-state index is 0.312. The molecule has 1 saturated heterocycles. The van der Waals surface area contributed by atoms with Crippen LogP contribution in [0.4, 0.5) is 5.69 Å². The number of esters is 1. The highest BCUT2D eigenvalue weighted by molar-refractivity contribution is 6.05.